The van der Waals surface area contributed by atoms with E-state index in [0.717, 1.165) is 22.0 Å². The van der Waals surface area contributed by atoms with Crippen LogP contribution in [0.2, 0.25) is 10.0 Å². The fourth-order valence-corrected chi connectivity index (χ4v) is 2.66. The van der Waals surface area contributed by atoms with Crippen LogP contribution in [-0.2, 0) is 6.42 Å². The van der Waals surface area contributed by atoms with Crippen molar-refractivity contribution in [1.82, 2.24) is 5.32 Å². The van der Waals surface area contributed by atoms with Crippen LogP contribution in [-0.4, -0.2) is 7.05 Å². The Kier molecular flexibility index (Phi) is 4.87. The fraction of sp³-hybridized carbons (Fsp3) is 0.250. The predicted octanol–water partition coefficient (Wildman–Crippen LogP) is 4.81. The van der Waals surface area contributed by atoms with E-state index in [4.69, 9.17) is 23.2 Å². The van der Waals surface area contributed by atoms with Gasteiger partial charge in [0, 0.05) is 16.1 Å². The zero-order valence-electron chi connectivity index (χ0n) is 11.1. The van der Waals surface area contributed by atoms with E-state index in [9.17, 15) is 0 Å². The molecule has 1 atom stereocenters. The van der Waals surface area contributed by atoms with Crippen molar-refractivity contribution in [2.75, 3.05) is 7.05 Å². The minimum absolute atomic E-state index is 0.233. The maximum atomic E-state index is 6.19. The van der Waals surface area contributed by atoms with Gasteiger partial charge in [-0.1, -0.05) is 47.5 Å². The zero-order chi connectivity index (χ0) is 13.8. The molecule has 3 heteroatoms. The maximum absolute atomic E-state index is 6.19. The van der Waals surface area contributed by atoms with Gasteiger partial charge in [0.1, 0.15) is 0 Å². The molecule has 0 aromatic heterocycles. The highest BCUT2D eigenvalue weighted by Crippen LogP contribution is 2.27. The highest BCUT2D eigenvalue weighted by atomic mass is 35.5. The molecule has 0 aliphatic rings. The van der Waals surface area contributed by atoms with Crippen LogP contribution in [0.1, 0.15) is 22.7 Å². The Labute approximate surface area is 124 Å². The third kappa shape index (κ3) is 3.50. The lowest BCUT2D eigenvalue weighted by atomic mass is 9.95. The first-order valence-electron chi connectivity index (χ1n) is 6.28. The van der Waals surface area contributed by atoms with Gasteiger partial charge in [0.05, 0.1) is 0 Å². The Morgan fingerprint density at radius 1 is 1.11 bits per heavy atom. The molecule has 0 aliphatic heterocycles. The zero-order valence-corrected chi connectivity index (χ0v) is 12.6. The Balaban J connectivity index is 2.28. The Hall–Kier alpha value is -1.02. The molecule has 2 rings (SSSR count). The number of likely N-dealkylation sites (N-methyl/N-ethyl adjacent to an activating group) is 1. The van der Waals surface area contributed by atoms with E-state index >= 15 is 0 Å². The SMILES string of the molecule is CNC(Cc1cccc(Cl)c1)c1cccc(Cl)c1C. The van der Waals surface area contributed by atoms with Crippen molar-refractivity contribution >= 4 is 23.2 Å². The molecule has 0 fully saturated rings. The fourth-order valence-electron chi connectivity index (χ4n) is 2.27. The highest BCUT2D eigenvalue weighted by Gasteiger charge is 2.14. The summed E-state index contributed by atoms with van der Waals surface area (Å²) in [6.07, 6.45) is 0.887. The van der Waals surface area contributed by atoms with Gasteiger partial charge in [0.25, 0.3) is 0 Å². The van der Waals surface area contributed by atoms with Crippen LogP contribution < -0.4 is 5.32 Å². The van der Waals surface area contributed by atoms with Gasteiger partial charge in [-0.05, 0) is 55.3 Å². The summed E-state index contributed by atoms with van der Waals surface area (Å²) in [6.45, 7) is 2.06. The van der Waals surface area contributed by atoms with Gasteiger partial charge >= 0.3 is 0 Å². The molecule has 0 radical (unpaired) electrons. The Bertz CT molecular complexity index is 566. The summed E-state index contributed by atoms with van der Waals surface area (Å²) in [5.41, 5.74) is 3.58. The van der Waals surface area contributed by atoms with E-state index < -0.39 is 0 Å². The van der Waals surface area contributed by atoms with Gasteiger partial charge in [0.2, 0.25) is 0 Å². The lowest BCUT2D eigenvalue weighted by Gasteiger charge is -2.19. The molecular formula is C16H17Cl2N. The third-order valence-corrected chi connectivity index (χ3v) is 4.01. The molecule has 0 bridgehead atoms. The Morgan fingerprint density at radius 2 is 1.84 bits per heavy atom. The molecule has 1 nitrogen and oxygen atoms in total. The summed E-state index contributed by atoms with van der Waals surface area (Å²) in [5, 5.41) is 4.94. The first kappa shape index (κ1) is 14.4. The summed E-state index contributed by atoms with van der Waals surface area (Å²) in [5.74, 6) is 0. The normalized spacial score (nSPS) is 12.4. The molecule has 0 saturated heterocycles. The second-order valence-corrected chi connectivity index (χ2v) is 5.47. The van der Waals surface area contributed by atoms with Crippen LogP contribution >= 0.6 is 23.2 Å². The number of halogens is 2. The maximum Gasteiger partial charge on any atom is 0.0438 e. The molecule has 2 aromatic rings. The average molecular weight is 294 g/mol. The van der Waals surface area contributed by atoms with Crippen LogP contribution in [0.5, 0.6) is 0 Å². The second kappa shape index (κ2) is 6.42. The number of hydrogen-bond acceptors (Lipinski definition) is 1. The largest absolute Gasteiger partial charge is 0.313 e. The second-order valence-electron chi connectivity index (χ2n) is 4.63. The highest BCUT2D eigenvalue weighted by molar-refractivity contribution is 6.31. The van der Waals surface area contributed by atoms with Crippen molar-refractivity contribution in [2.45, 2.75) is 19.4 Å². The molecule has 19 heavy (non-hydrogen) atoms. The van der Waals surface area contributed by atoms with E-state index in [1.165, 1.54) is 11.1 Å². The number of rotatable bonds is 4. The van der Waals surface area contributed by atoms with E-state index in [1.807, 2.05) is 37.4 Å². The van der Waals surface area contributed by atoms with Gasteiger partial charge in [-0.2, -0.15) is 0 Å². The summed E-state index contributed by atoms with van der Waals surface area (Å²) in [7, 11) is 1.97. The standard InChI is InChI=1S/C16H17Cl2N/c1-11-14(7-4-8-15(11)18)16(19-2)10-12-5-3-6-13(17)9-12/h3-9,16,19H,10H2,1-2H3. The lowest BCUT2D eigenvalue weighted by molar-refractivity contribution is 0.589. The van der Waals surface area contributed by atoms with Crippen molar-refractivity contribution in [1.29, 1.82) is 0 Å². The van der Waals surface area contributed by atoms with Crippen LogP contribution in [0.15, 0.2) is 42.5 Å². The van der Waals surface area contributed by atoms with Crippen LogP contribution in [0, 0.1) is 6.92 Å². The van der Waals surface area contributed by atoms with Crippen molar-refractivity contribution in [3.63, 3.8) is 0 Å². The summed E-state index contributed by atoms with van der Waals surface area (Å²) in [6, 6.07) is 14.2. The molecule has 0 aliphatic carbocycles. The van der Waals surface area contributed by atoms with Gasteiger partial charge < -0.3 is 5.32 Å². The van der Waals surface area contributed by atoms with E-state index in [1.54, 1.807) is 0 Å². The molecule has 100 valence electrons. The molecule has 2 aromatic carbocycles. The Morgan fingerprint density at radius 3 is 2.53 bits per heavy atom. The predicted molar refractivity (Wildman–Crippen MR) is 83.1 cm³/mol. The van der Waals surface area contributed by atoms with Gasteiger partial charge in [-0.3, -0.25) is 0 Å². The quantitative estimate of drug-likeness (QED) is 0.853. The van der Waals surface area contributed by atoms with Gasteiger partial charge in [0.15, 0.2) is 0 Å². The third-order valence-electron chi connectivity index (χ3n) is 3.36. The smallest absolute Gasteiger partial charge is 0.0438 e. The molecule has 0 heterocycles. The topological polar surface area (TPSA) is 12.0 Å². The van der Waals surface area contributed by atoms with Crippen molar-refractivity contribution in [3.8, 4) is 0 Å². The number of benzene rings is 2. The summed E-state index contributed by atoms with van der Waals surface area (Å²) in [4.78, 5) is 0. The van der Waals surface area contributed by atoms with E-state index in [0.29, 0.717) is 0 Å². The first-order chi connectivity index (χ1) is 9.11. The molecule has 1 N–H and O–H groups in total. The van der Waals surface area contributed by atoms with Crippen molar-refractivity contribution in [2.24, 2.45) is 0 Å². The van der Waals surface area contributed by atoms with Crippen LogP contribution in [0.25, 0.3) is 0 Å². The number of nitrogens with one attached hydrogen (secondary N) is 1. The summed E-state index contributed by atoms with van der Waals surface area (Å²) < 4.78 is 0. The molecule has 1 unspecified atom stereocenters. The van der Waals surface area contributed by atoms with E-state index in [-0.39, 0.29) is 6.04 Å². The first-order valence-corrected chi connectivity index (χ1v) is 7.04. The number of hydrogen-bond donors (Lipinski definition) is 1. The monoisotopic (exact) mass is 293 g/mol. The average Bonchev–Trinajstić information content (AvgIpc) is 2.40. The lowest BCUT2D eigenvalue weighted by Crippen LogP contribution is -2.19. The van der Waals surface area contributed by atoms with Crippen molar-refractivity contribution in [3.05, 3.63) is 69.2 Å². The minimum Gasteiger partial charge on any atom is -0.313 e. The van der Waals surface area contributed by atoms with Crippen LogP contribution in [0.4, 0.5) is 0 Å². The van der Waals surface area contributed by atoms with Crippen LogP contribution in [0.3, 0.4) is 0 Å². The van der Waals surface area contributed by atoms with Gasteiger partial charge in [-0.25, -0.2) is 0 Å². The summed E-state index contributed by atoms with van der Waals surface area (Å²) >= 11 is 12.2. The molecule has 0 spiro atoms. The minimum atomic E-state index is 0.233. The van der Waals surface area contributed by atoms with Crippen molar-refractivity contribution < 1.29 is 0 Å². The van der Waals surface area contributed by atoms with E-state index in [2.05, 4.69) is 24.4 Å². The molecule has 0 saturated carbocycles. The molecule has 0 amide bonds. The molecular weight excluding hydrogens is 277 g/mol. The van der Waals surface area contributed by atoms with Gasteiger partial charge in [-0.15, -0.1) is 0 Å².